The Morgan fingerprint density at radius 2 is 1.48 bits per heavy atom. The van der Waals surface area contributed by atoms with Crippen LogP contribution in [0.4, 0.5) is 4.79 Å². The van der Waals surface area contributed by atoms with Gasteiger partial charge in [-0.1, -0.05) is 48.5 Å². The van der Waals surface area contributed by atoms with Gasteiger partial charge in [-0.15, -0.1) is 0 Å². The summed E-state index contributed by atoms with van der Waals surface area (Å²) in [5, 5.41) is 7.49. The van der Waals surface area contributed by atoms with Crippen LogP contribution in [-0.2, 0) is 14.3 Å². The molecule has 0 aliphatic carbocycles. The minimum absolute atomic E-state index is 0.177. The number of imide groups is 1. The summed E-state index contributed by atoms with van der Waals surface area (Å²) >= 11 is 0. The second-order valence-corrected chi connectivity index (χ2v) is 7.92. The van der Waals surface area contributed by atoms with Crippen molar-refractivity contribution < 1.29 is 23.9 Å². The van der Waals surface area contributed by atoms with Gasteiger partial charge in [-0.3, -0.25) is 19.7 Å². The van der Waals surface area contributed by atoms with E-state index in [2.05, 4.69) is 16.0 Å². The summed E-state index contributed by atoms with van der Waals surface area (Å²) < 4.78 is 4.99. The van der Waals surface area contributed by atoms with E-state index in [0.29, 0.717) is 5.56 Å². The number of carbonyl (C=O) groups excluding carboxylic acids is 4. The number of carbonyl (C=O) groups is 4. The van der Waals surface area contributed by atoms with Gasteiger partial charge in [0.2, 0.25) is 0 Å². The zero-order valence-electron chi connectivity index (χ0n) is 17.8. The lowest BCUT2D eigenvalue weighted by Gasteiger charge is -2.20. The van der Waals surface area contributed by atoms with Crippen molar-refractivity contribution in [2.45, 2.75) is 38.8 Å². The Hall–Kier alpha value is -3.68. The highest BCUT2D eigenvalue weighted by atomic mass is 16.5. The first-order chi connectivity index (χ1) is 14.6. The molecule has 0 bridgehead atoms. The highest BCUT2D eigenvalue weighted by Gasteiger charge is 2.21. The van der Waals surface area contributed by atoms with E-state index < -0.39 is 36.1 Å². The molecular formula is C23H27N3O5. The van der Waals surface area contributed by atoms with E-state index >= 15 is 0 Å². The Morgan fingerprint density at radius 3 is 2.06 bits per heavy atom. The fourth-order valence-electron chi connectivity index (χ4n) is 2.67. The third-order valence-electron chi connectivity index (χ3n) is 4.02. The van der Waals surface area contributed by atoms with E-state index in [1.165, 1.54) is 0 Å². The maximum absolute atomic E-state index is 12.5. The van der Waals surface area contributed by atoms with Crippen LogP contribution in [-0.4, -0.2) is 36.0 Å². The molecule has 0 saturated carbocycles. The largest absolute Gasteiger partial charge is 0.455 e. The van der Waals surface area contributed by atoms with Crippen LogP contribution < -0.4 is 16.0 Å². The van der Waals surface area contributed by atoms with Gasteiger partial charge in [0, 0.05) is 11.1 Å². The third-order valence-corrected chi connectivity index (χ3v) is 4.02. The average molecular weight is 425 g/mol. The van der Waals surface area contributed by atoms with Crippen LogP contribution in [0.5, 0.6) is 0 Å². The molecule has 0 radical (unpaired) electrons. The summed E-state index contributed by atoms with van der Waals surface area (Å²) in [6.07, 6.45) is -0.177. The van der Waals surface area contributed by atoms with Crippen LogP contribution in [0, 0.1) is 0 Å². The van der Waals surface area contributed by atoms with E-state index in [1.54, 1.807) is 75.4 Å². The number of rotatable bonds is 7. The molecule has 0 aliphatic heterocycles. The van der Waals surface area contributed by atoms with Crippen LogP contribution in [0.1, 0.15) is 49.2 Å². The number of nitrogens with one attached hydrogen (secondary N) is 3. The second-order valence-electron chi connectivity index (χ2n) is 7.92. The van der Waals surface area contributed by atoms with Gasteiger partial charge in [0.15, 0.2) is 6.61 Å². The summed E-state index contributed by atoms with van der Waals surface area (Å²) in [7, 11) is 0. The molecule has 8 nitrogen and oxygen atoms in total. The monoisotopic (exact) mass is 425 g/mol. The molecular weight excluding hydrogens is 398 g/mol. The molecule has 0 aliphatic rings. The summed E-state index contributed by atoms with van der Waals surface area (Å²) in [6.45, 7) is 4.70. The Labute approximate surface area is 181 Å². The van der Waals surface area contributed by atoms with Gasteiger partial charge in [-0.2, -0.15) is 0 Å². The summed E-state index contributed by atoms with van der Waals surface area (Å²) in [4.78, 5) is 48.4. The van der Waals surface area contributed by atoms with Gasteiger partial charge >= 0.3 is 12.0 Å². The predicted molar refractivity (Wildman–Crippen MR) is 115 cm³/mol. The second kappa shape index (κ2) is 10.9. The van der Waals surface area contributed by atoms with Crippen molar-refractivity contribution in [1.29, 1.82) is 0 Å². The molecule has 31 heavy (non-hydrogen) atoms. The zero-order chi connectivity index (χ0) is 22.9. The molecule has 0 heterocycles. The number of hydrogen-bond donors (Lipinski definition) is 3. The van der Waals surface area contributed by atoms with Crippen LogP contribution in [0.25, 0.3) is 0 Å². The van der Waals surface area contributed by atoms with Gasteiger partial charge in [-0.25, -0.2) is 4.79 Å². The molecule has 2 aromatic rings. The first kappa shape index (κ1) is 23.6. The van der Waals surface area contributed by atoms with Gasteiger partial charge < -0.3 is 15.4 Å². The average Bonchev–Trinajstić information content (AvgIpc) is 2.71. The molecule has 3 N–H and O–H groups in total. The van der Waals surface area contributed by atoms with Gasteiger partial charge in [-0.05, 0) is 38.5 Å². The number of esters is 1. The fraction of sp³-hybridized carbons (Fsp3) is 0.304. The molecule has 4 amide bonds. The lowest BCUT2D eigenvalue weighted by molar-refractivity contribution is -0.148. The highest BCUT2D eigenvalue weighted by molar-refractivity contribution is 5.96. The smallest absolute Gasteiger partial charge is 0.321 e. The molecule has 164 valence electrons. The lowest BCUT2D eigenvalue weighted by Crippen LogP contribution is -2.49. The quantitative estimate of drug-likeness (QED) is 0.590. The van der Waals surface area contributed by atoms with Gasteiger partial charge in [0.05, 0.1) is 12.5 Å². The minimum atomic E-state index is -0.750. The van der Waals surface area contributed by atoms with E-state index in [4.69, 9.17) is 4.74 Å². The van der Waals surface area contributed by atoms with Crippen LogP contribution >= 0.6 is 0 Å². The molecule has 0 saturated heterocycles. The maximum atomic E-state index is 12.5. The molecule has 0 aromatic heterocycles. The van der Waals surface area contributed by atoms with Gasteiger partial charge in [0.25, 0.3) is 11.8 Å². The van der Waals surface area contributed by atoms with E-state index in [-0.39, 0.29) is 12.3 Å². The van der Waals surface area contributed by atoms with E-state index in [0.717, 1.165) is 5.56 Å². The normalized spacial score (nSPS) is 11.7. The zero-order valence-corrected chi connectivity index (χ0v) is 17.8. The molecule has 0 spiro atoms. The standard InChI is InChI=1S/C23H27N3O5/c1-23(2,3)26-22(30)25-19(27)15-31-20(28)14-18(16-10-6-4-7-11-16)24-21(29)17-12-8-5-9-13-17/h4-13,18H,14-15H2,1-3H3,(H,24,29)(H2,25,26,27,30)/t18-/m1/s1. The molecule has 8 heteroatoms. The maximum Gasteiger partial charge on any atom is 0.321 e. The Balaban J connectivity index is 1.94. The van der Waals surface area contributed by atoms with Crippen LogP contribution in [0.15, 0.2) is 60.7 Å². The summed E-state index contributed by atoms with van der Waals surface area (Å²) in [5.41, 5.74) is 0.666. The fourth-order valence-corrected chi connectivity index (χ4v) is 2.67. The topological polar surface area (TPSA) is 114 Å². The number of urea groups is 1. The van der Waals surface area contributed by atoms with Crippen LogP contribution in [0.3, 0.4) is 0 Å². The lowest BCUT2D eigenvalue weighted by atomic mass is 10.0. The van der Waals surface area contributed by atoms with Crippen molar-refractivity contribution in [3.63, 3.8) is 0 Å². The number of ether oxygens (including phenoxy) is 1. The molecule has 2 rings (SSSR count). The molecule has 0 unspecified atom stereocenters. The van der Waals surface area contributed by atoms with Crippen molar-refractivity contribution in [3.8, 4) is 0 Å². The number of benzene rings is 2. The first-order valence-corrected chi connectivity index (χ1v) is 9.82. The minimum Gasteiger partial charge on any atom is -0.455 e. The van der Waals surface area contributed by atoms with E-state index in [9.17, 15) is 19.2 Å². The van der Waals surface area contributed by atoms with Crippen molar-refractivity contribution in [1.82, 2.24) is 16.0 Å². The SMILES string of the molecule is CC(C)(C)NC(=O)NC(=O)COC(=O)C[C@@H](NC(=O)c1ccccc1)c1ccccc1. The third kappa shape index (κ3) is 8.69. The summed E-state index contributed by atoms with van der Waals surface area (Å²) in [5.74, 6) is -1.77. The van der Waals surface area contributed by atoms with Gasteiger partial charge in [0.1, 0.15) is 0 Å². The number of amides is 4. The Bertz CT molecular complexity index is 908. The van der Waals surface area contributed by atoms with E-state index in [1.807, 2.05) is 6.07 Å². The van der Waals surface area contributed by atoms with Crippen molar-refractivity contribution in [2.24, 2.45) is 0 Å². The molecule has 0 fully saturated rings. The van der Waals surface area contributed by atoms with Crippen LogP contribution in [0.2, 0.25) is 0 Å². The summed E-state index contributed by atoms with van der Waals surface area (Å²) in [6, 6.07) is 16.3. The number of hydrogen-bond acceptors (Lipinski definition) is 5. The predicted octanol–water partition coefficient (Wildman–Crippen LogP) is 2.72. The van der Waals surface area contributed by atoms with Crippen molar-refractivity contribution in [2.75, 3.05) is 6.61 Å². The van der Waals surface area contributed by atoms with Crippen molar-refractivity contribution in [3.05, 3.63) is 71.8 Å². The highest BCUT2D eigenvalue weighted by Crippen LogP contribution is 2.18. The first-order valence-electron chi connectivity index (χ1n) is 9.82. The molecule has 2 aromatic carbocycles. The molecule has 1 atom stereocenters. The Morgan fingerprint density at radius 1 is 0.903 bits per heavy atom. The van der Waals surface area contributed by atoms with Crippen molar-refractivity contribution >= 4 is 23.8 Å². The Kier molecular flexibility index (Phi) is 8.31.